The Morgan fingerprint density at radius 2 is 2.50 bits per heavy atom. The normalized spacial score (nSPS) is 9.70. The molecule has 0 aromatic carbocycles. The van der Waals surface area contributed by atoms with Crippen molar-refractivity contribution < 1.29 is 9.90 Å². The van der Waals surface area contributed by atoms with Crippen molar-refractivity contribution in [2.45, 2.75) is 6.42 Å². The standard InChI is InChI=1S/C6H8N2O2/c9-5-2-6(10)8-4-1-3-7-8/h1,3-4,9H,2,5H2. The van der Waals surface area contributed by atoms with Crippen molar-refractivity contribution in [3.8, 4) is 0 Å². The second-order valence-electron chi connectivity index (χ2n) is 1.82. The van der Waals surface area contributed by atoms with Gasteiger partial charge in [-0.15, -0.1) is 0 Å². The fourth-order valence-electron chi connectivity index (χ4n) is 0.627. The summed E-state index contributed by atoms with van der Waals surface area (Å²) in [5, 5.41) is 12.1. The molecule has 1 rings (SSSR count). The molecule has 0 saturated heterocycles. The fourth-order valence-corrected chi connectivity index (χ4v) is 0.627. The van der Waals surface area contributed by atoms with E-state index in [1.165, 1.54) is 10.9 Å². The third kappa shape index (κ3) is 1.41. The van der Waals surface area contributed by atoms with Crippen LogP contribution >= 0.6 is 0 Å². The van der Waals surface area contributed by atoms with Gasteiger partial charge in [0.25, 0.3) is 0 Å². The lowest BCUT2D eigenvalue weighted by molar-refractivity contribution is 0.0859. The van der Waals surface area contributed by atoms with Gasteiger partial charge in [0.05, 0.1) is 13.0 Å². The maximum Gasteiger partial charge on any atom is 0.249 e. The number of carbonyl (C=O) groups excluding carboxylic acids is 1. The van der Waals surface area contributed by atoms with Crippen molar-refractivity contribution in [3.63, 3.8) is 0 Å². The highest BCUT2D eigenvalue weighted by molar-refractivity contribution is 5.77. The number of aliphatic hydroxyl groups excluding tert-OH is 1. The van der Waals surface area contributed by atoms with E-state index in [2.05, 4.69) is 5.10 Å². The van der Waals surface area contributed by atoms with Crippen LogP contribution in [-0.2, 0) is 0 Å². The summed E-state index contributed by atoms with van der Waals surface area (Å²) in [5.74, 6) is -0.187. The van der Waals surface area contributed by atoms with Crippen LogP contribution in [0, 0.1) is 0 Å². The molecule has 4 heteroatoms. The van der Waals surface area contributed by atoms with Gasteiger partial charge in [-0.05, 0) is 6.07 Å². The molecule has 0 bridgehead atoms. The van der Waals surface area contributed by atoms with Crippen molar-refractivity contribution in [1.82, 2.24) is 9.78 Å². The Morgan fingerprint density at radius 3 is 3.00 bits per heavy atom. The Morgan fingerprint density at radius 1 is 1.70 bits per heavy atom. The van der Waals surface area contributed by atoms with Crippen LogP contribution in [0.25, 0.3) is 0 Å². The molecule has 0 amide bonds. The zero-order valence-corrected chi connectivity index (χ0v) is 5.40. The Bertz CT molecular complexity index is 206. The highest BCUT2D eigenvalue weighted by atomic mass is 16.3. The summed E-state index contributed by atoms with van der Waals surface area (Å²) in [4.78, 5) is 10.8. The highest BCUT2D eigenvalue weighted by Crippen LogP contribution is 1.87. The van der Waals surface area contributed by atoms with E-state index in [1.807, 2.05) is 0 Å². The molecule has 10 heavy (non-hydrogen) atoms. The molecule has 0 fully saturated rings. The summed E-state index contributed by atoms with van der Waals surface area (Å²) in [6.45, 7) is -0.126. The quantitative estimate of drug-likeness (QED) is 0.624. The van der Waals surface area contributed by atoms with Crippen LogP contribution in [0.4, 0.5) is 0 Å². The van der Waals surface area contributed by atoms with Crippen molar-refractivity contribution in [2.75, 3.05) is 6.61 Å². The lowest BCUT2D eigenvalue weighted by Gasteiger charge is -1.94. The van der Waals surface area contributed by atoms with Crippen LogP contribution in [-0.4, -0.2) is 27.4 Å². The average Bonchev–Trinajstić information content (AvgIpc) is 2.38. The van der Waals surface area contributed by atoms with Crippen molar-refractivity contribution >= 4 is 5.91 Å². The molecule has 0 saturated carbocycles. The third-order valence-electron chi connectivity index (χ3n) is 1.09. The van der Waals surface area contributed by atoms with Gasteiger partial charge in [0.1, 0.15) is 0 Å². The Hall–Kier alpha value is -1.16. The van der Waals surface area contributed by atoms with Crippen LogP contribution in [0.1, 0.15) is 11.2 Å². The fraction of sp³-hybridized carbons (Fsp3) is 0.333. The zero-order chi connectivity index (χ0) is 7.40. The van der Waals surface area contributed by atoms with E-state index in [0.717, 1.165) is 0 Å². The Balaban J connectivity index is 2.59. The molecule has 0 atom stereocenters. The second kappa shape index (κ2) is 3.12. The molecule has 0 spiro atoms. The number of rotatable bonds is 2. The van der Waals surface area contributed by atoms with Gasteiger partial charge in [0.15, 0.2) is 0 Å². The van der Waals surface area contributed by atoms with Crippen LogP contribution in [0.5, 0.6) is 0 Å². The number of aliphatic hydroxyl groups is 1. The van der Waals surface area contributed by atoms with Gasteiger partial charge in [0.2, 0.25) is 5.91 Å². The minimum absolute atomic E-state index is 0.126. The van der Waals surface area contributed by atoms with E-state index in [4.69, 9.17) is 5.11 Å². The topological polar surface area (TPSA) is 55.1 Å². The first kappa shape index (κ1) is 6.95. The number of aromatic nitrogens is 2. The SMILES string of the molecule is O=C(CCO)n1cccn1. The lowest BCUT2D eigenvalue weighted by Crippen LogP contribution is -2.11. The molecule has 1 heterocycles. The van der Waals surface area contributed by atoms with Gasteiger partial charge >= 0.3 is 0 Å². The molecule has 0 aliphatic heterocycles. The van der Waals surface area contributed by atoms with E-state index < -0.39 is 0 Å². The first-order valence-corrected chi connectivity index (χ1v) is 2.98. The lowest BCUT2D eigenvalue weighted by atomic mass is 10.4. The predicted octanol–water partition coefficient (Wildman–Crippen LogP) is -0.0943. The minimum atomic E-state index is -0.187. The van der Waals surface area contributed by atoms with E-state index in [0.29, 0.717) is 0 Å². The summed E-state index contributed by atoms with van der Waals surface area (Å²) in [7, 11) is 0. The number of carbonyl (C=O) groups is 1. The number of hydrogen-bond donors (Lipinski definition) is 1. The zero-order valence-electron chi connectivity index (χ0n) is 5.40. The van der Waals surface area contributed by atoms with Gasteiger partial charge in [-0.1, -0.05) is 0 Å². The van der Waals surface area contributed by atoms with Crippen molar-refractivity contribution in [1.29, 1.82) is 0 Å². The largest absolute Gasteiger partial charge is 0.396 e. The van der Waals surface area contributed by atoms with E-state index in [1.54, 1.807) is 12.3 Å². The highest BCUT2D eigenvalue weighted by Gasteiger charge is 2.01. The summed E-state index contributed by atoms with van der Waals surface area (Å²) in [6.07, 6.45) is 3.20. The van der Waals surface area contributed by atoms with Gasteiger partial charge in [-0.2, -0.15) is 5.10 Å². The van der Waals surface area contributed by atoms with Crippen LogP contribution in [0.2, 0.25) is 0 Å². The molecule has 0 unspecified atom stereocenters. The average molecular weight is 140 g/mol. The minimum Gasteiger partial charge on any atom is -0.396 e. The van der Waals surface area contributed by atoms with E-state index in [-0.39, 0.29) is 18.9 Å². The van der Waals surface area contributed by atoms with Gasteiger partial charge in [0, 0.05) is 12.4 Å². The molecule has 1 aromatic rings. The first-order chi connectivity index (χ1) is 4.84. The maximum atomic E-state index is 10.8. The summed E-state index contributed by atoms with van der Waals surface area (Å²) in [5.41, 5.74) is 0. The summed E-state index contributed by atoms with van der Waals surface area (Å²) in [6, 6.07) is 1.66. The molecule has 1 N–H and O–H groups in total. The summed E-state index contributed by atoms with van der Waals surface area (Å²) < 4.78 is 1.20. The smallest absolute Gasteiger partial charge is 0.249 e. The van der Waals surface area contributed by atoms with Gasteiger partial charge in [-0.3, -0.25) is 4.79 Å². The van der Waals surface area contributed by atoms with Crippen LogP contribution in [0.3, 0.4) is 0 Å². The molecule has 0 radical (unpaired) electrons. The van der Waals surface area contributed by atoms with Gasteiger partial charge < -0.3 is 5.11 Å². The van der Waals surface area contributed by atoms with Crippen LogP contribution < -0.4 is 0 Å². The Kier molecular flexibility index (Phi) is 2.17. The molecule has 0 aliphatic carbocycles. The number of nitrogens with zero attached hydrogens (tertiary/aromatic N) is 2. The molecule has 54 valence electrons. The van der Waals surface area contributed by atoms with Crippen molar-refractivity contribution in [3.05, 3.63) is 18.5 Å². The summed E-state index contributed by atoms with van der Waals surface area (Å²) >= 11 is 0. The number of hydrogen-bond acceptors (Lipinski definition) is 3. The van der Waals surface area contributed by atoms with Gasteiger partial charge in [-0.25, -0.2) is 4.68 Å². The molecule has 0 aliphatic rings. The molecule has 4 nitrogen and oxygen atoms in total. The first-order valence-electron chi connectivity index (χ1n) is 2.98. The molecular weight excluding hydrogens is 132 g/mol. The van der Waals surface area contributed by atoms with E-state index in [9.17, 15) is 4.79 Å². The monoisotopic (exact) mass is 140 g/mol. The third-order valence-corrected chi connectivity index (χ3v) is 1.09. The maximum absolute atomic E-state index is 10.8. The Labute approximate surface area is 58.1 Å². The molecule has 1 aromatic heterocycles. The second-order valence-corrected chi connectivity index (χ2v) is 1.82. The van der Waals surface area contributed by atoms with Crippen molar-refractivity contribution in [2.24, 2.45) is 0 Å². The molecular formula is C6H8N2O2. The van der Waals surface area contributed by atoms with E-state index >= 15 is 0 Å². The predicted molar refractivity (Wildman–Crippen MR) is 34.6 cm³/mol. The van der Waals surface area contributed by atoms with Crippen LogP contribution in [0.15, 0.2) is 18.5 Å².